The second kappa shape index (κ2) is 6.23. The molecule has 3 aromatic rings. The first-order valence-electron chi connectivity index (χ1n) is 7.38. The summed E-state index contributed by atoms with van der Waals surface area (Å²) < 4.78 is 17.7. The third kappa shape index (κ3) is 2.46. The fourth-order valence-electron chi connectivity index (χ4n) is 2.71. The number of ether oxygens (including phenoxy) is 3. The summed E-state index contributed by atoms with van der Waals surface area (Å²) >= 11 is 0. The van der Waals surface area contributed by atoms with Gasteiger partial charge in [-0.2, -0.15) is 0 Å². The standard InChI is InChI=1S/C18H18N2O4/c1-11-8-12-6-5-7-19-17(12)20(18(11)21)13-9-14(22-2)16(24-4)15(10-13)23-3/h5-10H,1-4H3. The van der Waals surface area contributed by atoms with Crippen molar-refractivity contribution in [3.05, 3.63) is 52.4 Å². The Balaban J connectivity index is 2.40. The summed E-state index contributed by atoms with van der Waals surface area (Å²) in [4.78, 5) is 17.1. The maximum absolute atomic E-state index is 12.7. The van der Waals surface area contributed by atoms with Gasteiger partial charge in [0.2, 0.25) is 5.75 Å². The molecular weight excluding hydrogens is 308 g/mol. The summed E-state index contributed by atoms with van der Waals surface area (Å²) in [7, 11) is 4.61. The average molecular weight is 326 g/mol. The molecule has 0 fully saturated rings. The van der Waals surface area contributed by atoms with Crippen LogP contribution in [-0.2, 0) is 0 Å². The highest BCUT2D eigenvalue weighted by atomic mass is 16.5. The molecular formula is C18H18N2O4. The number of benzene rings is 1. The number of aryl methyl sites for hydroxylation is 1. The van der Waals surface area contributed by atoms with E-state index in [0.717, 1.165) is 5.39 Å². The predicted octanol–water partition coefficient (Wildman–Crippen LogP) is 2.72. The molecule has 2 heterocycles. The summed E-state index contributed by atoms with van der Waals surface area (Å²) in [6.07, 6.45) is 1.66. The highest BCUT2D eigenvalue weighted by molar-refractivity contribution is 5.78. The first-order chi connectivity index (χ1) is 11.6. The molecule has 6 heteroatoms. The Bertz CT molecular complexity index is 938. The molecule has 0 saturated carbocycles. The van der Waals surface area contributed by atoms with Gasteiger partial charge < -0.3 is 14.2 Å². The van der Waals surface area contributed by atoms with Crippen LogP contribution in [0.5, 0.6) is 17.2 Å². The molecule has 6 nitrogen and oxygen atoms in total. The van der Waals surface area contributed by atoms with E-state index in [1.807, 2.05) is 18.2 Å². The van der Waals surface area contributed by atoms with Gasteiger partial charge in [-0.25, -0.2) is 4.98 Å². The third-order valence-electron chi connectivity index (χ3n) is 3.85. The molecule has 0 spiro atoms. The number of aromatic nitrogens is 2. The average Bonchev–Trinajstić information content (AvgIpc) is 2.61. The molecule has 24 heavy (non-hydrogen) atoms. The van der Waals surface area contributed by atoms with Gasteiger partial charge in [-0.15, -0.1) is 0 Å². The van der Waals surface area contributed by atoms with E-state index in [-0.39, 0.29) is 5.56 Å². The second-order valence-corrected chi connectivity index (χ2v) is 5.27. The lowest BCUT2D eigenvalue weighted by atomic mass is 10.2. The van der Waals surface area contributed by atoms with Crippen molar-refractivity contribution in [3.8, 4) is 22.9 Å². The summed E-state index contributed by atoms with van der Waals surface area (Å²) in [6, 6.07) is 9.06. The van der Waals surface area contributed by atoms with E-state index in [9.17, 15) is 4.79 Å². The van der Waals surface area contributed by atoms with E-state index in [1.165, 1.54) is 21.3 Å². The first-order valence-corrected chi connectivity index (χ1v) is 7.38. The summed E-state index contributed by atoms with van der Waals surface area (Å²) in [5.74, 6) is 1.43. The number of hydrogen-bond donors (Lipinski definition) is 0. The van der Waals surface area contributed by atoms with Crippen LogP contribution in [0.1, 0.15) is 5.56 Å². The molecule has 0 bridgehead atoms. The molecule has 0 radical (unpaired) electrons. The summed E-state index contributed by atoms with van der Waals surface area (Å²) in [5.41, 5.74) is 1.66. The fourth-order valence-corrected chi connectivity index (χ4v) is 2.71. The Morgan fingerprint density at radius 2 is 1.67 bits per heavy atom. The number of rotatable bonds is 4. The van der Waals surface area contributed by atoms with Crippen molar-refractivity contribution in [2.45, 2.75) is 6.92 Å². The van der Waals surface area contributed by atoms with Crippen molar-refractivity contribution < 1.29 is 14.2 Å². The zero-order valence-electron chi connectivity index (χ0n) is 14.0. The van der Waals surface area contributed by atoms with Gasteiger partial charge in [0.25, 0.3) is 5.56 Å². The van der Waals surface area contributed by atoms with Crippen molar-refractivity contribution in [2.75, 3.05) is 21.3 Å². The molecule has 0 aliphatic heterocycles. The molecule has 0 aliphatic carbocycles. The second-order valence-electron chi connectivity index (χ2n) is 5.27. The van der Waals surface area contributed by atoms with Crippen molar-refractivity contribution in [1.29, 1.82) is 0 Å². The largest absolute Gasteiger partial charge is 0.493 e. The van der Waals surface area contributed by atoms with E-state index in [4.69, 9.17) is 14.2 Å². The van der Waals surface area contributed by atoms with Gasteiger partial charge in [-0.05, 0) is 25.1 Å². The summed E-state index contributed by atoms with van der Waals surface area (Å²) in [5, 5.41) is 0.878. The van der Waals surface area contributed by atoms with Crippen molar-refractivity contribution in [3.63, 3.8) is 0 Å². The molecule has 0 N–H and O–H groups in total. The van der Waals surface area contributed by atoms with Crippen LogP contribution in [0, 0.1) is 6.92 Å². The minimum Gasteiger partial charge on any atom is -0.493 e. The normalized spacial score (nSPS) is 10.7. The van der Waals surface area contributed by atoms with Crippen LogP contribution in [0.15, 0.2) is 41.3 Å². The van der Waals surface area contributed by atoms with Gasteiger partial charge in [-0.1, -0.05) is 0 Å². The van der Waals surface area contributed by atoms with Crippen LogP contribution in [0.4, 0.5) is 0 Å². The van der Waals surface area contributed by atoms with E-state index in [1.54, 1.807) is 29.8 Å². The van der Waals surface area contributed by atoms with Gasteiger partial charge in [-0.3, -0.25) is 9.36 Å². The molecule has 3 rings (SSSR count). The van der Waals surface area contributed by atoms with Gasteiger partial charge in [0.05, 0.1) is 27.0 Å². The highest BCUT2D eigenvalue weighted by Crippen LogP contribution is 2.39. The fraction of sp³-hybridized carbons (Fsp3) is 0.222. The minimum atomic E-state index is -0.143. The molecule has 2 aromatic heterocycles. The van der Waals surface area contributed by atoms with E-state index < -0.39 is 0 Å². The molecule has 0 aliphatic rings. The highest BCUT2D eigenvalue weighted by Gasteiger charge is 2.17. The number of fused-ring (bicyclic) bond motifs is 1. The van der Waals surface area contributed by atoms with Gasteiger partial charge in [0.15, 0.2) is 11.5 Å². The van der Waals surface area contributed by atoms with Gasteiger partial charge >= 0.3 is 0 Å². The lowest BCUT2D eigenvalue weighted by Gasteiger charge is -2.16. The Morgan fingerprint density at radius 1 is 1.00 bits per heavy atom. The molecule has 124 valence electrons. The van der Waals surface area contributed by atoms with Gasteiger partial charge in [0, 0.05) is 29.3 Å². The van der Waals surface area contributed by atoms with Gasteiger partial charge in [0.1, 0.15) is 5.65 Å². The van der Waals surface area contributed by atoms with Crippen molar-refractivity contribution in [1.82, 2.24) is 9.55 Å². The molecule has 0 unspecified atom stereocenters. The quantitative estimate of drug-likeness (QED) is 0.738. The lowest BCUT2D eigenvalue weighted by Crippen LogP contribution is -2.21. The monoisotopic (exact) mass is 326 g/mol. The SMILES string of the molecule is COc1cc(-n2c(=O)c(C)cc3cccnc32)cc(OC)c1OC. The number of nitrogens with zero attached hydrogens (tertiary/aromatic N) is 2. The van der Waals surface area contributed by atoms with Crippen LogP contribution in [0.3, 0.4) is 0 Å². The third-order valence-corrected chi connectivity index (χ3v) is 3.85. The maximum atomic E-state index is 12.7. The summed E-state index contributed by atoms with van der Waals surface area (Å²) in [6.45, 7) is 1.78. The predicted molar refractivity (Wildman–Crippen MR) is 91.7 cm³/mol. The van der Waals surface area contributed by atoms with Crippen molar-refractivity contribution in [2.24, 2.45) is 0 Å². The number of hydrogen-bond acceptors (Lipinski definition) is 5. The molecule has 0 saturated heterocycles. The van der Waals surface area contributed by atoms with Crippen LogP contribution >= 0.6 is 0 Å². The van der Waals surface area contributed by atoms with Crippen LogP contribution in [-0.4, -0.2) is 30.9 Å². The van der Waals surface area contributed by atoms with Crippen LogP contribution in [0.2, 0.25) is 0 Å². The zero-order chi connectivity index (χ0) is 17.3. The molecule has 1 aromatic carbocycles. The minimum absolute atomic E-state index is 0.143. The Labute approximate surface area is 139 Å². The Kier molecular flexibility index (Phi) is 4.12. The number of methoxy groups -OCH3 is 3. The zero-order valence-corrected chi connectivity index (χ0v) is 14.0. The Morgan fingerprint density at radius 3 is 2.25 bits per heavy atom. The molecule has 0 atom stereocenters. The van der Waals surface area contributed by atoms with E-state index in [2.05, 4.69) is 4.98 Å². The first kappa shape index (κ1) is 15.9. The number of pyridine rings is 2. The Hall–Kier alpha value is -3.02. The topological polar surface area (TPSA) is 62.6 Å². The maximum Gasteiger partial charge on any atom is 0.259 e. The lowest BCUT2D eigenvalue weighted by molar-refractivity contribution is 0.324. The smallest absolute Gasteiger partial charge is 0.259 e. The van der Waals surface area contributed by atoms with E-state index >= 15 is 0 Å². The van der Waals surface area contributed by atoms with E-state index in [0.29, 0.717) is 34.1 Å². The van der Waals surface area contributed by atoms with Crippen LogP contribution in [0.25, 0.3) is 16.7 Å². The van der Waals surface area contributed by atoms with Crippen molar-refractivity contribution >= 4 is 11.0 Å². The van der Waals surface area contributed by atoms with Crippen LogP contribution < -0.4 is 19.8 Å². The molecule has 0 amide bonds.